The Bertz CT molecular complexity index is 769. The summed E-state index contributed by atoms with van der Waals surface area (Å²) in [5, 5.41) is 10.8. The summed E-state index contributed by atoms with van der Waals surface area (Å²) < 4.78 is 5.98. The van der Waals surface area contributed by atoms with Crippen molar-refractivity contribution in [1.82, 2.24) is 0 Å². The summed E-state index contributed by atoms with van der Waals surface area (Å²) >= 11 is 0. The Balaban J connectivity index is 1.83. The normalized spacial score (nSPS) is 49.7. The molecule has 0 heterocycles. The van der Waals surface area contributed by atoms with Crippen LogP contribution in [0.25, 0.3) is 0 Å². The van der Waals surface area contributed by atoms with Gasteiger partial charge < -0.3 is 9.84 Å². The maximum Gasteiger partial charge on any atom is 0.302 e. The Hall–Kier alpha value is -1.16. The predicted octanol–water partition coefficient (Wildman–Crippen LogP) is 5.08. The number of carbonyl (C=O) groups is 2. The molecular formula is C26H40O4. The van der Waals surface area contributed by atoms with Crippen molar-refractivity contribution in [1.29, 1.82) is 0 Å². The van der Waals surface area contributed by atoms with Gasteiger partial charge >= 0.3 is 5.97 Å². The van der Waals surface area contributed by atoms with Gasteiger partial charge in [0, 0.05) is 17.9 Å². The van der Waals surface area contributed by atoms with Crippen molar-refractivity contribution in [3.8, 4) is 0 Å². The molecule has 0 aromatic rings. The minimum absolute atomic E-state index is 0.0654. The number of ether oxygens (including phenoxy) is 1. The van der Waals surface area contributed by atoms with Gasteiger partial charge in [0.1, 0.15) is 12.4 Å². The Morgan fingerprint density at radius 1 is 1.03 bits per heavy atom. The monoisotopic (exact) mass is 416 g/mol. The van der Waals surface area contributed by atoms with Crippen molar-refractivity contribution in [2.45, 2.75) is 98.7 Å². The third kappa shape index (κ3) is 2.96. The van der Waals surface area contributed by atoms with Gasteiger partial charge in [-0.15, -0.1) is 0 Å². The maximum atomic E-state index is 12.1. The molecule has 4 aliphatic rings. The molecular weight excluding hydrogens is 376 g/mol. The third-order valence-corrected chi connectivity index (χ3v) is 10.3. The number of hydrogen-bond acceptors (Lipinski definition) is 4. The SMILES string of the molecule is CC(=O)OC1CC2C3(C)CCCC(C)(C)C3CCC2(C)C2CC(O)C(C=O)=CC12C. The average molecular weight is 417 g/mol. The molecule has 4 rings (SSSR count). The summed E-state index contributed by atoms with van der Waals surface area (Å²) in [5.41, 5.74) is 0.651. The van der Waals surface area contributed by atoms with E-state index in [1.807, 2.05) is 6.08 Å². The Morgan fingerprint density at radius 3 is 2.33 bits per heavy atom. The number of hydrogen-bond donors (Lipinski definition) is 1. The van der Waals surface area contributed by atoms with Gasteiger partial charge in [0.05, 0.1) is 6.10 Å². The minimum Gasteiger partial charge on any atom is -0.462 e. The number of esters is 1. The van der Waals surface area contributed by atoms with E-state index in [2.05, 4.69) is 34.6 Å². The van der Waals surface area contributed by atoms with Crippen LogP contribution < -0.4 is 0 Å². The first-order chi connectivity index (χ1) is 13.9. The lowest BCUT2D eigenvalue weighted by Gasteiger charge is -2.69. The fraction of sp³-hybridized carbons (Fsp3) is 0.846. The van der Waals surface area contributed by atoms with Crippen LogP contribution in [0.1, 0.15) is 86.5 Å². The molecule has 0 aliphatic heterocycles. The van der Waals surface area contributed by atoms with Gasteiger partial charge in [0.15, 0.2) is 0 Å². The van der Waals surface area contributed by atoms with Crippen LogP contribution in [0.5, 0.6) is 0 Å². The molecule has 8 atom stereocenters. The van der Waals surface area contributed by atoms with E-state index in [4.69, 9.17) is 4.74 Å². The number of rotatable bonds is 2. The Labute approximate surface area is 181 Å². The summed E-state index contributed by atoms with van der Waals surface area (Å²) in [7, 11) is 0. The fourth-order valence-corrected chi connectivity index (χ4v) is 9.06. The number of aldehydes is 1. The van der Waals surface area contributed by atoms with Crippen LogP contribution in [-0.4, -0.2) is 29.6 Å². The Morgan fingerprint density at radius 2 is 1.70 bits per heavy atom. The van der Waals surface area contributed by atoms with Gasteiger partial charge in [-0.1, -0.05) is 47.1 Å². The maximum absolute atomic E-state index is 12.1. The van der Waals surface area contributed by atoms with E-state index in [1.165, 1.54) is 32.6 Å². The Kier molecular flexibility index (Phi) is 5.08. The van der Waals surface area contributed by atoms with E-state index in [9.17, 15) is 14.7 Å². The van der Waals surface area contributed by atoms with Crippen LogP contribution in [0.15, 0.2) is 11.6 Å². The van der Waals surface area contributed by atoms with Gasteiger partial charge in [0.2, 0.25) is 0 Å². The molecule has 0 aromatic heterocycles. The van der Waals surface area contributed by atoms with Gasteiger partial charge in [0.25, 0.3) is 0 Å². The summed E-state index contributed by atoms with van der Waals surface area (Å²) in [6, 6.07) is 0. The summed E-state index contributed by atoms with van der Waals surface area (Å²) in [6.07, 6.45) is 9.34. The molecule has 168 valence electrons. The minimum atomic E-state index is -0.720. The molecule has 30 heavy (non-hydrogen) atoms. The molecule has 0 amide bonds. The van der Waals surface area contributed by atoms with E-state index in [-0.39, 0.29) is 28.8 Å². The summed E-state index contributed by atoms with van der Waals surface area (Å²) in [5.74, 6) is 1.06. The molecule has 4 nitrogen and oxygen atoms in total. The number of carbonyl (C=O) groups excluding carboxylic acids is 2. The lowest BCUT2D eigenvalue weighted by molar-refractivity contribution is -0.226. The molecule has 0 spiro atoms. The highest BCUT2D eigenvalue weighted by molar-refractivity contribution is 5.75. The van der Waals surface area contributed by atoms with E-state index in [1.54, 1.807) is 0 Å². The first-order valence-corrected chi connectivity index (χ1v) is 11.9. The average Bonchev–Trinajstić information content (AvgIpc) is 2.63. The van der Waals surface area contributed by atoms with Gasteiger partial charge in [-0.25, -0.2) is 0 Å². The topological polar surface area (TPSA) is 63.6 Å². The van der Waals surface area contributed by atoms with Gasteiger partial charge in [-0.05, 0) is 72.5 Å². The van der Waals surface area contributed by atoms with Crippen LogP contribution in [0.2, 0.25) is 0 Å². The van der Waals surface area contributed by atoms with Crippen LogP contribution >= 0.6 is 0 Å². The zero-order chi connectivity index (χ0) is 22.1. The van der Waals surface area contributed by atoms with Crippen LogP contribution in [0, 0.1) is 39.4 Å². The zero-order valence-corrected chi connectivity index (χ0v) is 19.7. The molecule has 0 aromatic carbocycles. The standard InChI is InChI=1S/C26H40O4/c1-16(28)30-22-13-21-24(4)10-7-9-23(2,3)19(24)8-11-25(21,5)20-12-18(29)17(15-27)14-26(20,22)6/h14-15,18-22,29H,7-13H2,1-6H3. The highest BCUT2D eigenvalue weighted by Gasteiger charge is 2.67. The summed E-state index contributed by atoms with van der Waals surface area (Å²) in [4.78, 5) is 23.7. The van der Waals surface area contributed by atoms with Crippen LogP contribution in [0.4, 0.5) is 0 Å². The van der Waals surface area contributed by atoms with Crippen molar-refractivity contribution < 1.29 is 19.4 Å². The highest BCUT2D eigenvalue weighted by atomic mass is 16.5. The smallest absolute Gasteiger partial charge is 0.302 e. The quantitative estimate of drug-likeness (QED) is 0.503. The second-order valence-corrected chi connectivity index (χ2v) is 12.3. The fourth-order valence-electron chi connectivity index (χ4n) is 9.06. The first-order valence-electron chi connectivity index (χ1n) is 11.9. The number of aliphatic hydroxyl groups is 1. The van der Waals surface area contributed by atoms with Crippen molar-refractivity contribution in [2.24, 2.45) is 39.4 Å². The first kappa shape index (κ1) is 22.0. The molecule has 1 N–H and O–H groups in total. The molecule has 0 radical (unpaired) electrons. The van der Waals surface area contributed by atoms with Crippen molar-refractivity contribution in [3.05, 3.63) is 11.6 Å². The second kappa shape index (κ2) is 6.92. The zero-order valence-electron chi connectivity index (χ0n) is 19.7. The van der Waals surface area contributed by atoms with E-state index < -0.39 is 11.5 Å². The van der Waals surface area contributed by atoms with Crippen molar-refractivity contribution >= 4 is 12.3 Å². The lowest BCUT2D eigenvalue weighted by atomic mass is 9.35. The summed E-state index contributed by atoms with van der Waals surface area (Å²) in [6.45, 7) is 13.5. The van der Waals surface area contributed by atoms with E-state index >= 15 is 0 Å². The second-order valence-electron chi connectivity index (χ2n) is 12.3. The van der Waals surface area contributed by atoms with Gasteiger partial charge in [-0.3, -0.25) is 9.59 Å². The molecule has 8 unspecified atom stereocenters. The predicted molar refractivity (Wildman–Crippen MR) is 117 cm³/mol. The number of fused-ring (bicyclic) bond motifs is 5. The molecule has 0 bridgehead atoms. The van der Waals surface area contributed by atoms with Crippen molar-refractivity contribution in [2.75, 3.05) is 0 Å². The lowest BCUT2D eigenvalue weighted by Crippen LogP contribution is -2.65. The molecule has 3 saturated carbocycles. The van der Waals surface area contributed by atoms with Crippen LogP contribution in [0.3, 0.4) is 0 Å². The third-order valence-electron chi connectivity index (χ3n) is 10.3. The number of aliphatic hydroxyl groups excluding tert-OH is 1. The molecule has 4 heteroatoms. The molecule has 4 aliphatic carbocycles. The highest BCUT2D eigenvalue weighted by Crippen LogP contribution is 2.72. The van der Waals surface area contributed by atoms with Gasteiger partial charge in [-0.2, -0.15) is 0 Å². The van der Waals surface area contributed by atoms with Crippen LogP contribution in [-0.2, 0) is 14.3 Å². The molecule has 0 saturated heterocycles. The van der Waals surface area contributed by atoms with E-state index in [0.717, 1.165) is 19.1 Å². The van der Waals surface area contributed by atoms with E-state index in [0.29, 0.717) is 29.2 Å². The largest absolute Gasteiger partial charge is 0.462 e. The van der Waals surface area contributed by atoms with Crippen molar-refractivity contribution in [3.63, 3.8) is 0 Å². The molecule has 3 fully saturated rings.